The summed E-state index contributed by atoms with van der Waals surface area (Å²) in [5.74, 6) is 0.922. The van der Waals surface area contributed by atoms with Crippen LogP contribution in [0.15, 0.2) is 70.1 Å². The second-order valence-corrected chi connectivity index (χ2v) is 6.67. The molecule has 0 aliphatic carbocycles. The van der Waals surface area contributed by atoms with Crippen LogP contribution in [0.25, 0.3) is 28.6 Å². The molecule has 0 aliphatic rings. The molecule has 0 unspecified atom stereocenters. The van der Waals surface area contributed by atoms with Crippen LogP contribution < -0.4 is 5.56 Å². The second-order valence-electron chi connectivity index (χ2n) is 5.75. The third-order valence-electron chi connectivity index (χ3n) is 3.85. The van der Waals surface area contributed by atoms with E-state index < -0.39 is 0 Å². The van der Waals surface area contributed by atoms with Crippen molar-refractivity contribution in [3.05, 3.63) is 81.3 Å². The minimum absolute atomic E-state index is 0.207. The van der Waals surface area contributed by atoms with Gasteiger partial charge in [-0.05, 0) is 49.4 Å². The van der Waals surface area contributed by atoms with Crippen molar-refractivity contribution in [3.8, 4) is 28.6 Å². The number of pyridine rings is 2. The summed E-state index contributed by atoms with van der Waals surface area (Å²) in [5.41, 5.74) is 2.47. The Labute approximate surface area is 157 Å². The van der Waals surface area contributed by atoms with Crippen LogP contribution in [0.3, 0.4) is 0 Å². The molecule has 1 N–H and O–H groups in total. The van der Waals surface area contributed by atoms with Crippen LogP contribution in [0, 0.1) is 6.92 Å². The topological polar surface area (TPSA) is 76.5 Å². The first-order chi connectivity index (χ1) is 12.6. The Morgan fingerprint density at radius 3 is 2.69 bits per heavy atom. The molecule has 0 saturated heterocycles. The molecule has 3 heterocycles. The minimum Gasteiger partial charge on any atom is -0.326 e. The first-order valence-corrected chi connectivity index (χ1v) is 8.76. The Kier molecular flexibility index (Phi) is 4.22. The smallest absolute Gasteiger partial charge is 0.259 e. The highest BCUT2D eigenvalue weighted by molar-refractivity contribution is 9.10. The summed E-state index contributed by atoms with van der Waals surface area (Å²) in [7, 11) is 0. The van der Waals surface area contributed by atoms with Crippen molar-refractivity contribution in [1.82, 2.24) is 24.7 Å². The molecule has 0 spiro atoms. The van der Waals surface area contributed by atoms with Gasteiger partial charge in [0.25, 0.3) is 5.56 Å². The molecule has 0 amide bonds. The average Bonchev–Trinajstić information content (AvgIpc) is 3.07. The predicted octanol–water partition coefficient (Wildman–Crippen LogP) is 3.76. The normalized spacial score (nSPS) is 10.8. The van der Waals surface area contributed by atoms with Gasteiger partial charge < -0.3 is 4.98 Å². The van der Waals surface area contributed by atoms with E-state index in [1.807, 2.05) is 55.5 Å². The van der Waals surface area contributed by atoms with Crippen molar-refractivity contribution >= 4 is 15.9 Å². The maximum absolute atomic E-state index is 12.5. The molecule has 3 aromatic heterocycles. The quantitative estimate of drug-likeness (QED) is 0.560. The van der Waals surface area contributed by atoms with Crippen LogP contribution in [0.5, 0.6) is 0 Å². The Morgan fingerprint density at radius 2 is 1.96 bits per heavy atom. The van der Waals surface area contributed by atoms with Crippen LogP contribution in [0.4, 0.5) is 0 Å². The monoisotopic (exact) mass is 407 g/mol. The highest BCUT2D eigenvalue weighted by atomic mass is 79.9. The number of rotatable bonds is 3. The number of aromatic nitrogens is 5. The van der Waals surface area contributed by atoms with E-state index in [0.717, 1.165) is 15.9 Å². The van der Waals surface area contributed by atoms with E-state index in [1.54, 1.807) is 16.9 Å². The van der Waals surface area contributed by atoms with Crippen molar-refractivity contribution in [1.29, 1.82) is 0 Å². The number of aryl methyl sites for hydroxylation is 1. The lowest BCUT2D eigenvalue weighted by atomic mass is 10.2. The van der Waals surface area contributed by atoms with Crippen molar-refractivity contribution in [3.63, 3.8) is 0 Å². The average molecular weight is 408 g/mol. The molecule has 0 bridgehead atoms. The van der Waals surface area contributed by atoms with Crippen molar-refractivity contribution in [2.24, 2.45) is 0 Å². The zero-order valence-electron chi connectivity index (χ0n) is 13.8. The first-order valence-electron chi connectivity index (χ1n) is 7.96. The SMILES string of the molecule is Cc1ccc(-c2nc(-c3ccccn3)nn2-c2cccc(Br)c2)c(=O)[nH]1. The minimum atomic E-state index is -0.207. The van der Waals surface area contributed by atoms with E-state index in [1.165, 1.54) is 0 Å². The van der Waals surface area contributed by atoms with Gasteiger partial charge in [0.05, 0.1) is 11.3 Å². The molecule has 6 nitrogen and oxygen atoms in total. The van der Waals surface area contributed by atoms with Gasteiger partial charge >= 0.3 is 0 Å². The number of nitrogens with zero attached hydrogens (tertiary/aromatic N) is 4. The summed E-state index contributed by atoms with van der Waals surface area (Å²) in [6.45, 7) is 1.84. The Hall–Kier alpha value is -3.06. The molecule has 0 radical (unpaired) electrons. The highest BCUT2D eigenvalue weighted by Crippen LogP contribution is 2.24. The number of nitrogens with one attached hydrogen (secondary N) is 1. The summed E-state index contributed by atoms with van der Waals surface area (Å²) < 4.78 is 2.57. The molecule has 128 valence electrons. The highest BCUT2D eigenvalue weighted by Gasteiger charge is 2.18. The van der Waals surface area contributed by atoms with Crippen molar-refractivity contribution < 1.29 is 0 Å². The van der Waals surface area contributed by atoms with Gasteiger partial charge in [-0.3, -0.25) is 9.78 Å². The summed E-state index contributed by atoms with van der Waals surface area (Å²) in [6, 6.07) is 16.8. The maximum atomic E-state index is 12.5. The standard InChI is InChI=1S/C19H14BrN5O/c1-12-8-9-15(19(26)22-12)18-23-17(16-7-2-3-10-21-16)24-25(18)14-6-4-5-13(20)11-14/h2-11H,1H3,(H,22,26). The Balaban J connectivity index is 1.97. The van der Waals surface area contributed by atoms with Crippen molar-refractivity contribution in [2.45, 2.75) is 6.92 Å². The first kappa shape index (κ1) is 16.4. The lowest BCUT2D eigenvalue weighted by Gasteiger charge is -2.06. The fraction of sp³-hybridized carbons (Fsp3) is 0.0526. The van der Waals surface area contributed by atoms with Crippen LogP contribution in [0.1, 0.15) is 5.69 Å². The number of halogens is 1. The molecule has 0 atom stereocenters. The van der Waals surface area contributed by atoms with Gasteiger partial charge in [0.15, 0.2) is 5.82 Å². The van der Waals surface area contributed by atoms with Gasteiger partial charge in [0, 0.05) is 16.4 Å². The fourth-order valence-corrected chi connectivity index (χ4v) is 3.01. The van der Waals surface area contributed by atoms with E-state index in [9.17, 15) is 4.79 Å². The zero-order chi connectivity index (χ0) is 18.1. The number of hydrogen-bond acceptors (Lipinski definition) is 4. The van der Waals surface area contributed by atoms with E-state index in [-0.39, 0.29) is 5.56 Å². The molecule has 0 aliphatic heterocycles. The fourth-order valence-electron chi connectivity index (χ4n) is 2.63. The number of aromatic amines is 1. The second kappa shape index (κ2) is 6.68. The number of H-pyrrole nitrogens is 1. The van der Waals surface area contributed by atoms with Gasteiger partial charge in [-0.1, -0.05) is 28.1 Å². The molecular formula is C19H14BrN5O. The molecule has 0 fully saturated rings. The predicted molar refractivity (Wildman–Crippen MR) is 103 cm³/mol. The van der Waals surface area contributed by atoms with Gasteiger partial charge in [0.1, 0.15) is 5.69 Å². The van der Waals surface area contributed by atoms with E-state index >= 15 is 0 Å². The van der Waals surface area contributed by atoms with E-state index in [2.05, 4.69) is 36.0 Å². The molecule has 7 heteroatoms. The number of hydrogen-bond donors (Lipinski definition) is 1. The molecule has 26 heavy (non-hydrogen) atoms. The van der Waals surface area contributed by atoms with Crippen LogP contribution >= 0.6 is 15.9 Å². The van der Waals surface area contributed by atoms with Crippen LogP contribution in [0.2, 0.25) is 0 Å². The Bertz CT molecular complexity index is 1130. The summed E-state index contributed by atoms with van der Waals surface area (Å²) in [6.07, 6.45) is 1.69. The molecular weight excluding hydrogens is 394 g/mol. The van der Waals surface area contributed by atoms with Crippen LogP contribution in [-0.4, -0.2) is 24.7 Å². The van der Waals surface area contributed by atoms with E-state index in [4.69, 9.17) is 0 Å². The summed E-state index contributed by atoms with van der Waals surface area (Å²) >= 11 is 3.47. The lowest BCUT2D eigenvalue weighted by Crippen LogP contribution is -2.12. The van der Waals surface area contributed by atoms with Gasteiger partial charge in [-0.25, -0.2) is 9.67 Å². The van der Waals surface area contributed by atoms with E-state index in [0.29, 0.717) is 22.9 Å². The van der Waals surface area contributed by atoms with Crippen LogP contribution in [-0.2, 0) is 0 Å². The largest absolute Gasteiger partial charge is 0.326 e. The Morgan fingerprint density at radius 1 is 1.08 bits per heavy atom. The maximum Gasteiger partial charge on any atom is 0.259 e. The molecule has 0 saturated carbocycles. The third-order valence-corrected chi connectivity index (χ3v) is 4.34. The summed E-state index contributed by atoms with van der Waals surface area (Å²) in [4.78, 5) is 24.2. The van der Waals surface area contributed by atoms with Gasteiger partial charge in [-0.2, -0.15) is 0 Å². The number of benzene rings is 1. The lowest BCUT2D eigenvalue weighted by molar-refractivity contribution is 0.885. The molecule has 1 aromatic carbocycles. The molecule has 4 aromatic rings. The van der Waals surface area contributed by atoms with Gasteiger partial charge in [-0.15, -0.1) is 5.10 Å². The van der Waals surface area contributed by atoms with Gasteiger partial charge in [0.2, 0.25) is 5.82 Å². The molecule has 4 rings (SSSR count). The zero-order valence-corrected chi connectivity index (χ0v) is 15.4. The summed E-state index contributed by atoms with van der Waals surface area (Å²) in [5, 5.41) is 4.60. The van der Waals surface area contributed by atoms with Crippen molar-refractivity contribution in [2.75, 3.05) is 0 Å². The third kappa shape index (κ3) is 3.09.